The van der Waals surface area contributed by atoms with Crippen LogP contribution in [0.2, 0.25) is 0 Å². The first-order chi connectivity index (χ1) is 12.9. The van der Waals surface area contributed by atoms with E-state index in [4.69, 9.17) is 0 Å². The first kappa shape index (κ1) is 20.9. The first-order valence-corrected chi connectivity index (χ1v) is 8.80. The molecule has 0 saturated carbocycles. The molecule has 0 spiro atoms. The van der Waals surface area contributed by atoms with Crippen LogP contribution in [-0.4, -0.2) is 0 Å². The van der Waals surface area contributed by atoms with Crippen LogP contribution in [-0.2, 0) is 0 Å². The zero-order valence-electron chi connectivity index (χ0n) is 16.7. The van der Waals surface area contributed by atoms with Crippen molar-refractivity contribution in [2.75, 3.05) is 0 Å². The third kappa shape index (κ3) is 7.40. The standard InChI is InChI=1S/C14H12.C12H10.Na.H/c1-3-7-13(8-4-1)11-12-14-9-5-2-6-10-14;1-3-7-11(8-4-1)12-9-5-2-6-10-12;;/h1-12H;1-10H;;/q;;+1;-1/b12-11+;;;. The van der Waals surface area contributed by atoms with Crippen molar-refractivity contribution in [1.29, 1.82) is 0 Å². The molecule has 0 amide bonds. The summed E-state index contributed by atoms with van der Waals surface area (Å²) < 4.78 is 0. The predicted molar refractivity (Wildman–Crippen MR) is 115 cm³/mol. The summed E-state index contributed by atoms with van der Waals surface area (Å²) in [5, 5.41) is 0. The Bertz CT molecular complexity index is 826. The Balaban J connectivity index is 0.000000264. The van der Waals surface area contributed by atoms with Gasteiger partial charge in [0.15, 0.2) is 0 Å². The second-order valence-corrected chi connectivity index (χ2v) is 5.89. The van der Waals surface area contributed by atoms with Crippen LogP contribution < -0.4 is 29.6 Å². The smallest absolute Gasteiger partial charge is 1.00 e. The summed E-state index contributed by atoms with van der Waals surface area (Å²) in [7, 11) is 0. The van der Waals surface area contributed by atoms with E-state index in [9.17, 15) is 0 Å². The van der Waals surface area contributed by atoms with Gasteiger partial charge in [0.05, 0.1) is 0 Å². The number of benzene rings is 4. The fourth-order valence-corrected chi connectivity index (χ4v) is 2.58. The van der Waals surface area contributed by atoms with Gasteiger partial charge in [-0.25, -0.2) is 0 Å². The van der Waals surface area contributed by atoms with Crippen molar-refractivity contribution in [3.8, 4) is 11.1 Å². The van der Waals surface area contributed by atoms with Gasteiger partial charge in [0, 0.05) is 0 Å². The first-order valence-electron chi connectivity index (χ1n) is 8.80. The molecule has 0 aliphatic carbocycles. The van der Waals surface area contributed by atoms with Crippen LogP contribution in [0.5, 0.6) is 0 Å². The molecule has 128 valence electrons. The van der Waals surface area contributed by atoms with Crippen molar-refractivity contribution >= 4 is 12.2 Å². The van der Waals surface area contributed by atoms with Crippen molar-refractivity contribution in [2.45, 2.75) is 0 Å². The average Bonchev–Trinajstić information content (AvgIpc) is 2.75. The summed E-state index contributed by atoms with van der Waals surface area (Å²) in [6.45, 7) is 0. The molecule has 0 aliphatic heterocycles. The summed E-state index contributed by atoms with van der Waals surface area (Å²) in [5.41, 5.74) is 5.02. The Kier molecular flexibility index (Phi) is 9.37. The molecule has 0 heterocycles. The van der Waals surface area contributed by atoms with E-state index in [2.05, 4.69) is 84.9 Å². The summed E-state index contributed by atoms with van der Waals surface area (Å²) in [5.74, 6) is 0. The molecule has 0 saturated heterocycles. The Morgan fingerprint density at radius 2 is 0.630 bits per heavy atom. The number of rotatable bonds is 3. The molecule has 0 atom stereocenters. The van der Waals surface area contributed by atoms with E-state index in [0.29, 0.717) is 0 Å². The van der Waals surface area contributed by atoms with Gasteiger partial charge < -0.3 is 1.43 Å². The Morgan fingerprint density at radius 1 is 0.370 bits per heavy atom. The van der Waals surface area contributed by atoms with E-state index in [1.54, 1.807) is 0 Å². The molecule has 1 heteroatoms. The fraction of sp³-hybridized carbons (Fsp3) is 0. The Labute approximate surface area is 186 Å². The van der Waals surface area contributed by atoms with Crippen molar-refractivity contribution in [3.05, 3.63) is 132 Å². The molecule has 0 N–H and O–H groups in total. The van der Waals surface area contributed by atoms with Crippen LogP contribution in [0, 0.1) is 0 Å². The molecule has 0 unspecified atom stereocenters. The second-order valence-electron chi connectivity index (χ2n) is 5.89. The molecule has 0 fully saturated rings. The van der Waals surface area contributed by atoms with Crippen LogP contribution >= 0.6 is 0 Å². The van der Waals surface area contributed by atoms with Crippen LogP contribution in [0.15, 0.2) is 121 Å². The molecule has 0 aliphatic rings. The zero-order valence-corrected chi connectivity index (χ0v) is 17.7. The maximum Gasteiger partial charge on any atom is 1.00 e. The SMILES string of the molecule is C(=C\c1ccccc1)/c1ccccc1.[H-].[Na+].c1ccc(-c2ccccc2)cc1. The molecule has 0 bridgehead atoms. The van der Waals surface area contributed by atoms with Gasteiger partial charge in [-0.3, -0.25) is 0 Å². The molecule has 0 radical (unpaired) electrons. The van der Waals surface area contributed by atoms with Crippen molar-refractivity contribution in [2.24, 2.45) is 0 Å². The van der Waals surface area contributed by atoms with Gasteiger partial charge in [-0.2, -0.15) is 0 Å². The monoisotopic (exact) mass is 358 g/mol. The molecule has 4 aromatic carbocycles. The molecular weight excluding hydrogens is 335 g/mol. The number of hydrogen-bond acceptors (Lipinski definition) is 0. The molecule has 4 aromatic rings. The Morgan fingerprint density at radius 3 is 0.926 bits per heavy atom. The fourth-order valence-electron chi connectivity index (χ4n) is 2.58. The van der Waals surface area contributed by atoms with Crippen molar-refractivity contribution in [3.63, 3.8) is 0 Å². The summed E-state index contributed by atoms with van der Waals surface area (Å²) in [6, 6.07) is 41.4. The van der Waals surface area contributed by atoms with E-state index >= 15 is 0 Å². The van der Waals surface area contributed by atoms with E-state index in [1.807, 2.05) is 48.5 Å². The molecular formula is C26H23Na. The third-order valence-electron chi connectivity index (χ3n) is 3.95. The molecule has 0 aromatic heterocycles. The van der Waals surface area contributed by atoms with Crippen LogP contribution in [0.4, 0.5) is 0 Å². The van der Waals surface area contributed by atoms with E-state index in [0.717, 1.165) is 0 Å². The predicted octanol–water partition coefficient (Wildman–Crippen LogP) is 4.33. The van der Waals surface area contributed by atoms with Crippen molar-refractivity contribution < 1.29 is 31.0 Å². The minimum atomic E-state index is 0. The maximum absolute atomic E-state index is 2.12. The van der Waals surface area contributed by atoms with E-state index in [1.165, 1.54) is 22.3 Å². The van der Waals surface area contributed by atoms with Crippen LogP contribution in [0.1, 0.15) is 12.6 Å². The van der Waals surface area contributed by atoms with Gasteiger partial charge in [-0.1, -0.05) is 133 Å². The summed E-state index contributed by atoms with van der Waals surface area (Å²) in [6.07, 6.45) is 4.24. The van der Waals surface area contributed by atoms with Gasteiger partial charge in [0.25, 0.3) is 0 Å². The third-order valence-corrected chi connectivity index (χ3v) is 3.95. The van der Waals surface area contributed by atoms with Crippen LogP contribution in [0.3, 0.4) is 0 Å². The molecule has 27 heavy (non-hydrogen) atoms. The normalized spacial score (nSPS) is 9.78. The molecule has 0 nitrogen and oxygen atoms in total. The van der Waals surface area contributed by atoms with Gasteiger partial charge in [0.2, 0.25) is 0 Å². The average molecular weight is 358 g/mol. The van der Waals surface area contributed by atoms with E-state index in [-0.39, 0.29) is 31.0 Å². The summed E-state index contributed by atoms with van der Waals surface area (Å²) >= 11 is 0. The van der Waals surface area contributed by atoms with Gasteiger partial charge in [-0.05, 0) is 22.3 Å². The number of hydrogen-bond donors (Lipinski definition) is 0. The minimum absolute atomic E-state index is 0. The Hall–Kier alpha value is -2.38. The topological polar surface area (TPSA) is 0 Å². The van der Waals surface area contributed by atoms with Crippen LogP contribution in [0.25, 0.3) is 23.3 Å². The second kappa shape index (κ2) is 12.1. The quantitative estimate of drug-likeness (QED) is 0.378. The zero-order chi connectivity index (χ0) is 17.9. The molecule has 4 rings (SSSR count). The maximum atomic E-state index is 2.12. The van der Waals surface area contributed by atoms with Gasteiger partial charge >= 0.3 is 29.6 Å². The summed E-state index contributed by atoms with van der Waals surface area (Å²) in [4.78, 5) is 0. The van der Waals surface area contributed by atoms with Gasteiger partial charge in [0.1, 0.15) is 0 Å². The van der Waals surface area contributed by atoms with E-state index < -0.39 is 0 Å². The minimum Gasteiger partial charge on any atom is -1.00 e. The van der Waals surface area contributed by atoms with Gasteiger partial charge in [-0.15, -0.1) is 0 Å². The van der Waals surface area contributed by atoms with Crippen molar-refractivity contribution in [1.82, 2.24) is 0 Å². The largest absolute Gasteiger partial charge is 1.00 e.